The van der Waals surface area contributed by atoms with Crippen molar-refractivity contribution in [2.75, 3.05) is 19.0 Å². The number of anilines is 1. The Labute approximate surface area is 92.8 Å². The van der Waals surface area contributed by atoms with E-state index in [-0.39, 0.29) is 18.0 Å². The highest BCUT2D eigenvalue weighted by molar-refractivity contribution is 5.99. The van der Waals surface area contributed by atoms with Gasteiger partial charge in [-0.3, -0.25) is 10.00 Å². The van der Waals surface area contributed by atoms with Crippen molar-refractivity contribution in [3.8, 4) is 0 Å². The maximum atomic E-state index is 11.5. The summed E-state index contributed by atoms with van der Waals surface area (Å²) >= 11 is 0. The molecule has 1 aromatic heterocycles. The van der Waals surface area contributed by atoms with Crippen LogP contribution in [0.15, 0.2) is 6.20 Å². The highest BCUT2D eigenvalue weighted by Crippen LogP contribution is 2.13. The van der Waals surface area contributed by atoms with Crippen LogP contribution in [0, 0.1) is 0 Å². The molecular weight excluding hydrogens is 212 g/mol. The van der Waals surface area contributed by atoms with Crippen molar-refractivity contribution in [2.45, 2.75) is 6.92 Å². The Morgan fingerprint density at radius 2 is 2.25 bits per heavy atom. The highest BCUT2D eigenvalue weighted by Gasteiger charge is 2.17. The second-order valence-corrected chi connectivity index (χ2v) is 2.99. The van der Waals surface area contributed by atoms with Gasteiger partial charge in [-0.2, -0.15) is 5.10 Å². The number of rotatable bonds is 3. The fourth-order valence-electron chi connectivity index (χ4n) is 1.11. The van der Waals surface area contributed by atoms with Crippen molar-refractivity contribution in [1.82, 2.24) is 15.1 Å². The lowest BCUT2D eigenvalue weighted by Gasteiger charge is -2.03. The van der Waals surface area contributed by atoms with Gasteiger partial charge in [-0.05, 0) is 6.92 Å². The van der Waals surface area contributed by atoms with Crippen LogP contribution in [0.5, 0.6) is 0 Å². The average Bonchev–Trinajstić information content (AvgIpc) is 2.59. The van der Waals surface area contributed by atoms with Gasteiger partial charge in [0.25, 0.3) is 0 Å². The summed E-state index contributed by atoms with van der Waals surface area (Å²) in [5, 5.41) is 8.75. The summed E-state index contributed by atoms with van der Waals surface area (Å²) < 4.78 is 6.26. The number of esters is 1. The summed E-state index contributed by atoms with van der Waals surface area (Å²) in [6.45, 7) is 1.98. The Morgan fingerprint density at radius 3 is 2.81 bits per heavy atom. The zero-order valence-corrected chi connectivity index (χ0v) is 9.40. The first kappa shape index (κ1) is 12.0. The van der Waals surface area contributed by atoms with E-state index in [0.29, 0.717) is 0 Å². The van der Waals surface area contributed by atoms with Gasteiger partial charge in [0.05, 0.1) is 6.61 Å². The third kappa shape index (κ3) is 2.72. The number of aromatic nitrogens is 2. The molecule has 0 spiro atoms. The molecule has 0 saturated heterocycles. The smallest absolute Gasteiger partial charge is 0.343 e. The normalized spacial score (nSPS) is 9.69. The molecule has 7 heteroatoms. The van der Waals surface area contributed by atoms with Gasteiger partial charge in [-0.1, -0.05) is 0 Å². The summed E-state index contributed by atoms with van der Waals surface area (Å²) in [6, 6.07) is -0.441. The Hall–Kier alpha value is -2.05. The summed E-state index contributed by atoms with van der Waals surface area (Å²) in [5.74, 6) is -0.331. The van der Waals surface area contributed by atoms with Crippen molar-refractivity contribution in [3.63, 3.8) is 0 Å². The molecule has 16 heavy (non-hydrogen) atoms. The van der Waals surface area contributed by atoms with E-state index in [1.54, 1.807) is 14.0 Å². The molecule has 0 atom stereocenters. The summed E-state index contributed by atoms with van der Waals surface area (Å²) in [4.78, 5) is 22.6. The monoisotopic (exact) mass is 226 g/mol. The van der Waals surface area contributed by atoms with Gasteiger partial charge >= 0.3 is 12.0 Å². The van der Waals surface area contributed by atoms with Gasteiger partial charge in [-0.25, -0.2) is 9.59 Å². The van der Waals surface area contributed by atoms with Crippen LogP contribution in [-0.4, -0.2) is 35.4 Å². The fraction of sp³-hybridized carbons (Fsp3) is 0.444. The van der Waals surface area contributed by atoms with E-state index >= 15 is 0 Å². The maximum absolute atomic E-state index is 11.5. The summed E-state index contributed by atoms with van der Waals surface area (Å²) in [5.41, 5.74) is 0.230. The number of urea groups is 1. The molecule has 0 fully saturated rings. The largest absolute Gasteiger partial charge is 0.462 e. The van der Waals surface area contributed by atoms with Crippen LogP contribution < -0.4 is 10.6 Å². The van der Waals surface area contributed by atoms with E-state index in [4.69, 9.17) is 4.74 Å². The first-order valence-corrected chi connectivity index (χ1v) is 4.78. The lowest BCUT2D eigenvalue weighted by Crippen LogP contribution is -2.25. The molecule has 0 unspecified atom stereocenters. The van der Waals surface area contributed by atoms with Crippen LogP contribution in [0.2, 0.25) is 0 Å². The zero-order chi connectivity index (χ0) is 12.1. The van der Waals surface area contributed by atoms with E-state index in [1.165, 1.54) is 17.9 Å². The molecule has 7 nitrogen and oxygen atoms in total. The van der Waals surface area contributed by atoms with Gasteiger partial charge in [0.1, 0.15) is 5.56 Å². The third-order valence-corrected chi connectivity index (χ3v) is 1.78. The van der Waals surface area contributed by atoms with E-state index < -0.39 is 12.0 Å². The number of nitrogens with one attached hydrogen (secondary N) is 2. The highest BCUT2D eigenvalue weighted by atomic mass is 16.5. The van der Waals surface area contributed by atoms with E-state index in [0.717, 1.165) is 0 Å². The zero-order valence-electron chi connectivity index (χ0n) is 9.40. The molecule has 2 amide bonds. The molecule has 0 aromatic carbocycles. The molecule has 0 aliphatic heterocycles. The first-order chi connectivity index (χ1) is 7.58. The first-order valence-electron chi connectivity index (χ1n) is 4.78. The number of nitrogens with zero attached hydrogens (tertiary/aromatic N) is 2. The second-order valence-electron chi connectivity index (χ2n) is 2.99. The van der Waals surface area contributed by atoms with Crippen LogP contribution in [-0.2, 0) is 11.8 Å². The number of hydrogen-bond acceptors (Lipinski definition) is 4. The van der Waals surface area contributed by atoms with Gasteiger partial charge in [0.15, 0.2) is 5.82 Å². The molecule has 0 saturated carbocycles. The quantitative estimate of drug-likeness (QED) is 0.728. The Bertz CT molecular complexity index is 399. The second kappa shape index (κ2) is 5.15. The van der Waals surface area contributed by atoms with E-state index in [2.05, 4.69) is 15.7 Å². The van der Waals surface area contributed by atoms with Crippen molar-refractivity contribution >= 4 is 17.8 Å². The fourth-order valence-corrected chi connectivity index (χ4v) is 1.11. The Balaban J connectivity index is 2.91. The third-order valence-electron chi connectivity index (χ3n) is 1.78. The van der Waals surface area contributed by atoms with Gasteiger partial charge in [0, 0.05) is 20.3 Å². The number of aryl methyl sites for hydroxylation is 1. The topological polar surface area (TPSA) is 85.2 Å². The van der Waals surface area contributed by atoms with Crippen LogP contribution in [0.3, 0.4) is 0 Å². The predicted octanol–water partition coefficient (Wildman–Crippen LogP) is 0.348. The Morgan fingerprint density at radius 1 is 1.56 bits per heavy atom. The minimum absolute atomic E-state index is 0.181. The molecule has 1 rings (SSSR count). The van der Waals surface area contributed by atoms with Gasteiger partial charge in [0.2, 0.25) is 0 Å². The number of carbonyl (C=O) groups is 2. The summed E-state index contributed by atoms with van der Waals surface area (Å²) in [6.07, 6.45) is 1.49. The van der Waals surface area contributed by atoms with E-state index in [1.807, 2.05) is 0 Å². The molecule has 0 aliphatic rings. The number of ether oxygens (including phenoxy) is 1. The van der Waals surface area contributed by atoms with Crippen molar-refractivity contribution in [3.05, 3.63) is 11.8 Å². The number of carbonyl (C=O) groups excluding carboxylic acids is 2. The summed E-state index contributed by atoms with van der Waals surface area (Å²) in [7, 11) is 3.13. The van der Waals surface area contributed by atoms with Crippen molar-refractivity contribution in [2.24, 2.45) is 7.05 Å². The minimum atomic E-state index is -0.512. The molecular formula is C9H14N4O3. The Kier molecular flexibility index (Phi) is 3.87. The lowest BCUT2D eigenvalue weighted by atomic mass is 10.3. The minimum Gasteiger partial charge on any atom is -0.462 e. The van der Waals surface area contributed by atoms with Crippen LogP contribution in [0.1, 0.15) is 17.3 Å². The molecule has 0 bridgehead atoms. The van der Waals surface area contributed by atoms with Gasteiger partial charge < -0.3 is 10.1 Å². The van der Waals surface area contributed by atoms with Gasteiger partial charge in [-0.15, -0.1) is 0 Å². The van der Waals surface area contributed by atoms with E-state index in [9.17, 15) is 9.59 Å². The van der Waals surface area contributed by atoms with Crippen molar-refractivity contribution in [1.29, 1.82) is 0 Å². The van der Waals surface area contributed by atoms with Crippen LogP contribution in [0.25, 0.3) is 0 Å². The van der Waals surface area contributed by atoms with Crippen LogP contribution in [0.4, 0.5) is 10.6 Å². The van der Waals surface area contributed by atoms with Crippen LogP contribution >= 0.6 is 0 Å². The average molecular weight is 226 g/mol. The molecule has 1 aromatic rings. The molecule has 0 aliphatic carbocycles. The maximum Gasteiger partial charge on any atom is 0.343 e. The molecule has 2 N–H and O–H groups in total. The predicted molar refractivity (Wildman–Crippen MR) is 57.2 cm³/mol. The lowest BCUT2D eigenvalue weighted by molar-refractivity contribution is 0.0527. The SMILES string of the molecule is CCOC(=O)c1cn(C)nc1NC(=O)NC. The molecule has 0 radical (unpaired) electrons. The standard InChI is InChI=1S/C9H14N4O3/c1-4-16-8(14)6-5-13(3)12-7(6)11-9(15)10-2/h5H,4H2,1-3H3,(H2,10,11,12,15). The van der Waals surface area contributed by atoms with Crippen molar-refractivity contribution < 1.29 is 14.3 Å². The molecule has 88 valence electrons. The number of amides is 2. The number of hydrogen-bond donors (Lipinski definition) is 2. The molecule has 1 heterocycles.